The van der Waals surface area contributed by atoms with Gasteiger partial charge < -0.3 is 14.6 Å². The van der Waals surface area contributed by atoms with E-state index in [4.69, 9.17) is 4.74 Å². The molecule has 2 saturated carbocycles. The number of nitrogens with one attached hydrogen (secondary N) is 2. The lowest BCUT2D eigenvalue weighted by atomic mass is 9.61. The number of aromatic nitrogens is 2. The number of carbonyl (C=O) groups excluding carboxylic acids is 1. The summed E-state index contributed by atoms with van der Waals surface area (Å²) in [5.74, 6) is 1.54. The topological polar surface area (TPSA) is 93.2 Å². The van der Waals surface area contributed by atoms with Gasteiger partial charge in [-0.2, -0.15) is 0 Å². The smallest absolute Gasteiger partial charge is 0.328 e. The third-order valence-electron chi connectivity index (χ3n) is 6.19. The first kappa shape index (κ1) is 16.6. The standard InChI is InChI=1S/C18H25N3O4/c22-13(5-8-21-9-6-14(23)20-18(21)24)19-16-12-7-10-25-17(12)15(16)11-3-1-2-4-11/h6,9,11-12,15-17H,1-5,7-8,10H2,(H,19,22)(H,20,23,24)/t12-,15+,16+,17-/m1/s1. The van der Waals surface area contributed by atoms with E-state index in [-0.39, 0.29) is 24.9 Å². The van der Waals surface area contributed by atoms with Gasteiger partial charge in [0.15, 0.2) is 0 Å². The summed E-state index contributed by atoms with van der Waals surface area (Å²) in [6.45, 7) is 1.07. The molecule has 4 rings (SSSR count). The molecule has 1 aliphatic heterocycles. The van der Waals surface area contributed by atoms with Crippen LogP contribution in [0.25, 0.3) is 0 Å². The van der Waals surface area contributed by atoms with Crippen LogP contribution in [0, 0.1) is 17.8 Å². The van der Waals surface area contributed by atoms with E-state index in [1.165, 1.54) is 42.5 Å². The molecular formula is C18H25N3O4. The molecule has 0 radical (unpaired) electrons. The number of hydrogen-bond donors (Lipinski definition) is 2. The molecular weight excluding hydrogens is 322 g/mol. The maximum absolute atomic E-state index is 12.4. The maximum atomic E-state index is 12.4. The van der Waals surface area contributed by atoms with Crippen LogP contribution in [0.3, 0.4) is 0 Å². The minimum Gasteiger partial charge on any atom is -0.377 e. The largest absolute Gasteiger partial charge is 0.377 e. The second-order valence-corrected chi connectivity index (χ2v) is 7.56. The van der Waals surface area contributed by atoms with Crippen LogP contribution in [0.1, 0.15) is 38.5 Å². The first-order valence-electron chi connectivity index (χ1n) is 9.34. The fraction of sp³-hybridized carbons (Fsp3) is 0.722. The van der Waals surface area contributed by atoms with Gasteiger partial charge in [0.2, 0.25) is 5.91 Å². The molecule has 7 nitrogen and oxygen atoms in total. The van der Waals surface area contributed by atoms with Crippen molar-refractivity contribution in [3.8, 4) is 0 Å². The first-order valence-corrected chi connectivity index (χ1v) is 9.34. The van der Waals surface area contributed by atoms with E-state index in [0.29, 0.717) is 23.9 Å². The van der Waals surface area contributed by atoms with Gasteiger partial charge in [-0.3, -0.25) is 14.6 Å². The van der Waals surface area contributed by atoms with Gasteiger partial charge in [-0.05, 0) is 12.3 Å². The van der Waals surface area contributed by atoms with E-state index in [2.05, 4.69) is 10.3 Å². The Hall–Kier alpha value is -1.89. The van der Waals surface area contributed by atoms with Crippen molar-refractivity contribution >= 4 is 5.91 Å². The molecule has 0 spiro atoms. The Labute approximate surface area is 145 Å². The van der Waals surface area contributed by atoms with Crippen LogP contribution in [0.15, 0.2) is 21.9 Å². The third kappa shape index (κ3) is 3.17. The number of aryl methyl sites for hydroxylation is 1. The van der Waals surface area contributed by atoms with E-state index in [0.717, 1.165) is 13.0 Å². The van der Waals surface area contributed by atoms with Crippen molar-refractivity contribution in [2.24, 2.45) is 17.8 Å². The molecule has 1 aromatic heterocycles. The van der Waals surface area contributed by atoms with Crippen molar-refractivity contribution in [2.45, 2.75) is 57.2 Å². The zero-order chi connectivity index (χ0) is 17.4. The zero-order valence-electron chi connectivity index (χ0n) is 14.3. The number of aromatic amines is 1. The van der Waals surface area contributed by atoms with E-state index in [1.807, 2.05) is 0 Å². The molecule has 1 aromatic rings. The van der Waals surface area contributed by atoms with Gasteiger partial charge in [-0.15, -0.1) is 0 Å². The van der Waals surface area contributed by atoms with Crippen molar-refractivity contribution in [2.75, 3.05) is 6.61 Å². The third-order valence-corrected chi connectivity index (χ3v) is 6.19. The number of H-pyrrole nitrogens is 1. The predicted molar refractivity (Wildman–Crippen MR) is 91.2 cm³/mol. The summed E-state index contributed by atoms with van der Waals surface area (Å²) in [6.07, 6.45) is 8.08. The van der Waals surface area contributed by atoms with Crippen LogP contribution in [-0.2, 0) is 16.1 Å². The number of fused-ring (bicyclic) bond motifs is 1. The van der Waals surface area contributed by atoms with Crippen LogP contribution < -0.4 is 16.6 Å². The second-order valence-electron chi connectivity index (χ2n) is 7.56. The highest BCUT2D eigenvalue weighted by atomic mass is 16.5. The molecule has 4 atom stereocenters. The number of amides is 1. The molecule has 1 saturated heterocycles. The van der Waals surface area contributed by atoms with Crippen LogP contribution >= 0.6 is 0 Å². The fourth-order valence-electron chi connectivity index (χ4n) is 4.96. The van der Waals surface area contributed by atoms with Gasteiger partial charge in [0.1, 0.15) is 0 Å². The number of rotatable bonds is 5. The quantitative estimate of drug-likeness (QED) is 0.817. The first-order chi connectivity index (χ1) is 12.1. The number of carbonyl (C=O) groups is 1. The van der Waals surface area contributed by atoms with E-state index in [1.54, 1.807) is 0 Å². The van der Waals surface area contributed by atoms with Crippen molar-refractivity contribution < 1.29 is 9.53 Å². The van der Waals surface area contributed by atoms with E-state index >= 15 is 0 Å². The molecule has 2 aliphatic carbocycles. The number of hydrogen-bond acceptors (Lipinski definition) is 4. The van der Waals surface area contributed by atoms with E-state index < -0.39 is 11.2 Å². The molecule has 7 heteroatoms. The van der Waals surface area contributed by atoms with Crippen LogP contribution in [0.5, 0.6) is 0 Å². The second kappa shape index (κ2) is 6.78. The Bertz CT molecular complexity index is 744. The average molecular weight is 347 g/mol. The van der Waals surface area contributed by atoms with Gasteiger partial charge in [-0.1, -0.05) is 25.7 Å². The summed E-state index contributed by atoms with van der Waals surface area (Å²) in [5.41, 5.74) is -0.899. The molecule has 0 bridgehead atoms. The number of nitrogens with zero attached hydrogens (tertiary/aromatic N) is 1. The van der Waals surface area contributed by atoms with Gasteiger partial charge in [0.25, 0.3) is 5.56 Å². The minimum absolute atomic E-state index is 0.0311. The molecule has 0 unspecified atom stereocenters. The molecule has 136 valence electrons. The average Bonchev–Trinajstić information content (AvgIpc) is 3.23. The molecule has 25 heavy (non-hydrogen) atoms. The number of ether oxygens (including phenoxy) is 1. The minimum atomic E-state index is -0.475. The highest BCUT2D eigenvalue weighted by Gasteiger charge is 2.56. The Balaban J connectivity index is 1.36. The van der Waals surface area contributed by atoms with Crippen LogP contribution in [0.4, 0.5) is 0 Å². The Morgan fingerprint density at radius 3 is 2.84 bits per heavy atom. The maximum Gasteiger partial charge on any atom is 0.328 e. The summed E-state index contributed by atoms with van der Waals surface area (Å²) in [4.78, 5) is 37.4. The summed E-state index contributed by atoms with van der Waals surface area (Å²) >= 11 is 0. The summed E-state index contributed by atoms with van der Waals surface area (Å²) in [5, 5.41) is 3.21. The van der Waals surface area contributed by atoms with Gasteiger partial charge >= 0.3 is 5.69 Å². The normalized spacial score (nSPS) is 31.5. The van der Waals surface area contributed by atoms with Gasteiger partial charge in [0, 0.05) is 49.7 Å². The monoisotopic (exact) mass is 347 g/mol. The molecule has 3 fully saturated rings. The summed E-state index contributed by atoms with van der Waals surface area (Å²) in [6, 6.07) is 1.51. The van der Waals surface area contributed by atoms with Gasteiger partial charge in [-0.25, -0.2) is 4.79 Å². The van der Waals surface area contributed by atoms with Gasteiger partial charge in [0.05, 0.1) is 6.10 Å². The highest BCUT2D eigenvalue weighted by molar-refractivity contribution is 5.76. The molecule has 1 amide bonds. The van der Waals surface area contributed by atoms with Crippen LogP contribution in [-0.4, -0.2) is 34.2 Å². The molecule has 2 heterocycles. The van der Waals surface area contributed by atoms with Crippen molar-refractivity contribution in [3.63, 3.8) is 0 Å². The zero-order valence-corrected chi connectivity index (χ0v) is 14.3. The highest BCUT2D eigenvalue weighted by Crippen LogP contribution is 2.51. The van der Waals surface area contributed by atoms with Crippen LogP contribution in [0.2, 0.25) is 0 Å². The summed E-state index contributed by atoms with van der Waals surface area (Å²) in [7, 11) is 0. The molecule has 3 aliphatic rings. The lowest BCUT2D eigenvalue weighted by Crippen LogP contribution is -2.63. The van der Waals surface area contributed by atoms with Crippen molar-refractivity contribution in [1.29, 1.82) is 0 Å². The molecule has 2 N–H and O–H groups in total. The van der Waals surface area contributed by atoms with Crippen molar-refractivity contribution in [3.05, 3.63) is 33.1 Å². The lowest BCUT2D eigenvalue weighted by Gasteiger charge is -2.50. The lowest BCUT2D eigenvalue weighted by molar-refractivity contribution is -0.130. The summed E-state index contributed by atoms with van der Waals surface area (Å²) < 4.78 is 7.27. The van der Waals surface area contributed by atoms with Crippen molar-refractivity contribution in [1.82, 2.24) is 14.9 Å². The Kier molecular flexibility index (Phi) is 4.50. The SMILES string of the molecule is O=C(CCn1ccc(=O)[nH]c1=O)N[C@H]1[C@H]2CCO[C@H]2[C@H]1C1CCCC1. The molecule has 0 aromatic carbocycles. The Morgan fingerprint density at radius 1 is 1.28 bits per heavy atom. The fourth-order valence-corrected chi connectivity index (χ4v) is 4.96. The predicted octanol–water partition coefficient (Wildman–Crippen LogP) is 0.637. The Morgan fingerprint density at radius 2 is 2.08 bits per heavy atom. The van der Waals surface area contributed by atoms with E-state index in [9.17, 15) is 14.4 Å².